The van der Waals surface area contributed by atoms with Gasteiger partial charge in [-0.1, -0.05) is 42.5 Å². The number of amides is 3. The number of nitrogens with zero attached hydrogens (tertiary/aromatic N) is 2. The summed E-state index contributed by atoms with van der Waals surface area (Å²) in [5.41, 5.74) is 8.51. The van der Waals surface area contributed by atoms with Gasteiger partial charge in [0.25, 0.3) is 0 Å². The van der Waals surface area contributed by atoms with Gasteiger partial charge < -0.3 is 16.0 Å². The van der Waals surface area contributed by atoms with Crippen molar-refractivity contribution in [3.63, 3.8) is 0 Å². The largest absolute Gasteiger partial charge is 0.368 e. The van der Waals surface area contributed by atoms with E-state index in [4.69, 9.17) is 5.73 Å². The average Bonchev–Trinajstić information content (AvgIpc) is 3.32. The maximum absolute atomic E-state index is 12.9. The Morgan fingerprint density at radius 3 is 2.38 bits per heavy atom. The van der Waals surface area contributed by atoms with E-state index in [9.17, 15) is 14.4 Å². The van der Waals surface area contributed by atoms with Crippen molar-refractivity contribution >= 4 is 23.4 Å². The third kappa shape index (κ3) is 6.23. The number of aryl methyl sites for hydroxylation is 1. The summed E-state index contributed by atoms with van der Waals surface area (Å²) in [6.45, 7) is 2.73. The maximum atomic E-state index is 12.9. The fourth-order valence-electron chi connectivity index (χ4n) is 5.01. The number of anilines is 1. The van der Waals surface area contributed by atoms with Crippen LogP contribution in [0.15, 0.2) is 54.6 Å². The number of rotatable bonds is 8. The van der Waals surface area contributed by atoms with Crippen LogP contribution in [0.5, 0.6) is 0 Å². The van der Waals surface area contributed by atoms with Crippen molar-refractivity contribution in [3.05, 3.63) is 65.7 Å². The molecule has 0 spiro atoms. The molecule has 2 aliphatic rings. The Hall–Kier alpha value is -3.19. The molecule has 1 unspecified atom stereocenters. The van der Waals surface area contributed by atoms with Gasteiger partial charge in [-0.15, -0.1) is 0 Å². The Bertz CT molecular complexity index is 1000. The van der Waals surface area contributed by atoms with Gasteiger partial charge in [-0.05, 0) is 61.9 Å². The van der Waals surface area contributed by atoms with Crippen LogP contribution in [0.3, 0.4) is 0 Å². The van der Waals surface area contributed by atoms with Crippen molar-refractivity contribution in [2.75, 3.05) is 25.0 Å². The molecule has 2 saturated heterocycles. The van der Waals surface area contributed by atoms with E-state index in [-0.39, 0.29) is 29.7 Å². The molecule has 2 aromatic carbocycles. The predicted octanol–water partition coefficient (Wildman–Crippen LogP) is 2.95. The van der Waals surface area contributed by atoms with E-state index in [0.29, 0.717) is 38.9 Å². The number of carbonyl (C=O) groups is 3. The highest BCUT2D eigenvalue weighted by molar-refractivity contribution is 5.92. The molecular weight excluding hydrogens is 428 g/mol. The van der Waals surface area contributed by atoms with Crippen LogP contribution in [0.1, 0.15) is 43.2 Å². The van der Waals surface area contributed by atoms with Gasteiger partial charge in [0.15, 0.2) is 0 Å². The lowest BCUT2D eigenvalue weighted by atomic mass is 9.95. The van der Waals surface area contributed by atoms with Gasteiger partial charge in [-0.3, -0.25) is 19.3 Å². The molecule has 2 aromatic rings. The smallest absolute Gasteiger partial charge is 0.234 e. The number of piperidine rings is 1. The number of nitrogens with one attached hydrogen (secondary N) is 1. The fourth-order valence-corrected chi connectivity index (χ4v) is 5.01. The third-order valence-electron chi connectivity index (χ3n) is 6.96. The molecule has 34 heavy (non-hydrogen) atoms. The van der Waals surface area contributed by atoms with Gasteiger partial charge in [0.2, 0.25) is 17.7 Å². The Kier molecular flexibility index (Phi) is 7.95. The Morgan fingerprint density at radius 2 is 1.65 bits per heavy atom. The highest BCUT2D eigenvalue weighted by Crippen LogP contribution is 2.23. The zero-order chi connectivity index (χ0) is 23.9. The van der Waals surface area contributed by atoms with Crippen LogP contribution in [0.4, 0.5) is 5.69 Å². The lowest BCUT2D eigenvalue weighted by Gasteiger charge is -2.31. The zero-order valence-electron chi connectivity index (χ0n) is 19.6. The van der Waals surface area contributed by atoms with Gasteiger partial charge in [0.1, 0.15) is 0 Å². The van der Waals surface area contributed by atoms with Crippen LogP contribution >= 0.6 is 0 Å². The molecule has 180 valence electrons. The quantitative estimate of drug-likeness (QED) is 0.631. The van der Waals surface area contributed by atoms with Crippen molar-refractivity contribution in [3.8, 4) is 0 Å². The molecule has 2 aliphatic heterocycles. The molecule has 0 radical (unpaired) electrons. The summed E-state index contributed by atoms with van der Waals surface area (Å²) in [6, 6.07) is 17.6. The zero-order valence-corrected chi connectivity index (χ0v) is 19.6. The molecule has 4 rings (SSSR count). The number of carbonyl (C=O) groups excluding carboxylic acids is 3. The monoisotopic (exact) mass is 462 g/mol. The van der Waals surface area contributed by atoms with Crippen LogP contribution in [0.2, 0.25) is 0 Å². The number of nitrogens with two attached hydrogens (primary N) is 1. The van der Waals surface area contributed by atoms with E-state index in [2.05, 4.69) is 10.2 Å². The van der Waals surface area contributed by atoms with E-state index in [0.717, 1.165) is 37.1 Å². The molecule has 0 aliphatic carbocycles. The van der Waals surface area contributed by atoms with Crippen molar-refractivity contribution in [1.29, 1.82) is 0 Å². The SMILES string of the molecule is NC(=O)C1CCCN1Cc1cccc(NC(=O)C2CCN(C(=O)CCc3ccccc3)CC2)c1. The van der Waals surface area contributed by atoms with Gasteiger partial charge in [-0.2, -0.15) is 0 Å². The van der Waals surface area contributed by atoms with E-state index >= 15 is 0 Å². The van der Waals surface area contributed by atoms with Crippen LogP contribution < -0.4 is 11.1 Å². The first-order chi connectivity index (χ1) is 16.5. The summed E-state index contributed by atoms with van der Waals surface area (Å²) in [4.78, 5) is 41.1. The summed E-state index contributed by atoms with van der Waals surface area (Å²) in [5.74, 6) is -0.206. The molecule has 3 N–H and O–H groups in total. The lowest BCUT2D eigenvalue weighted by molar-refractivity contribution is -0.134. The van der Waals surface area contributed by atoms with E-state index < -0.39 is 0 Å². The van der Waals surface area contributed by atoms with Gasteiger partial charge in [0, 0.05) is 37.7 Å². The van der Waals surface area contributed by atoms with Crippen LogP contribution in [-0.4, -0.2) is 53.2 Å². The molecule has 0 bridgehead atoms. The van der Waals surface area contributed by atoms with Crippen molar-refractivity contribution in [2.45, 2.75) is 51.1 Å². The van der Waals surface area contributed by atoms with Gasteiger partial charge in [0.05, 0.1) is 6.04 Å². The minimum absolute atomic E-state index is 0.00437. The molecule has 3 amide bonds. The van der Waals surface area contributed by atoms with Gasteiger partial charge >= 0.3 is 0 Å². The molecule has 7 heteroatoms. The van der Waals surface area contributed by atoms with Crippen LogP contribution in [-0.2, 0) is 27.3 Å². The summed E-state index contributed by atoms with van der Waals surface area (Å²) in [5, 5.41) is 3.05. The lowest BCUT2D eigenvalue weighted by Crippen LogP contribution is -2.41. The van der Waals surface area contributed by atoms with Crippen molar-refractivity contribution in [1.82, 2.24) is 9.80 Å². The number of primary amides is 1. The molecule has 2 fully saturated rings. The average molecular weight is 463 g/mol. The number of hydrogen-bond donors (Lipinski definition) is 2. The van der Waals surface area contributed by atoms with E-state index in [1.807, 2.05) is 59.5 Å². The van der Waals surface area contributed by atoms with E-state index in [1.54, 1.807) is 0 Å². The first kappa shape index (κ1) is 24.0. The summed E-state index contributed by atoms with van der Waals surface area (Å²) < 4.78 is 0. The Morgan fingerprint density at radius 1 is 0.912 bits per heavy atom. The molecular formula is C27H34N4O3. The number of hydrogen-bond acceptors (Lipinski definition) is 4. The second-order valence-corrected chi connectivity index (χ2v) is 9.36. The number of benzene rings is 2. The molecule has 1 atom stereocenters. The molecule has 0 aromatic heterocycles. The Labute approximate surface area is 201 Å². The highest BCUT2D eigenvalue weighted by atomic mass is 16.2. The first-order valence-corrected chi connectivity index (χ1v) is 12.2. The second kappa shape index (κ2) is 11.3. The van der Waals surface area contributed by atoms with Crippen LogP contribution in [0, 0.1) is 5.92 Å². The number of likely N-dealkylation sites (tertiary alicyclic amines) is 2. The molecule has 0 saturated carbocycles. The third-order valence-corrected chi connectivity index (χ3v) is 6.96. The highest BCUT2D eigenvalue weighted by Gasteiger charge is 2.29. The maximum Gasteiger partial charge on any atom is 0.234 e. The standard InChI is InChI=1S/C27H34N4O3/c28-26(33)24-10-5-15-31(24)19-21-8-4-9-23(18-21)29-27(34)22-13-16-30(17-14-22)25(32)12-11-20-6-2-1-3-7-20/h1-4,6-9,18,22,24H,5,10-17,19H2,(H2,28,33)(H,29,34). The fraction of sp³-hybridized carbons (Fsp3) is 0.444. The minimum atomic E-state index is -0.271. The van der Waals surface area contributed by atoms with E-state index in [1.165, 1.54) is 5.56 Å². The summed E-state index contributed by atoms with van der Waals surface area (Å²) in [7, 11) is 0. The summed E-state index contributed by atoms with van der Waals surface area (Å²) in [6.07, 6.45) is 4.37. The Balaban J connectivity index is 1.24. The first-order valence-electron chi connectivity index (χ1n) is 12.2. The van der Waals surface area contributed by atoms with Crippen molar-refractivity contribution in [2.24, 2.45) is 11.7 Å². The minimum Gasteiger partial charge on any atom is -0.368 e. The molecule has 7 nitrogen and oxygen atoms in total. The topological polar surface area (TPSA) is 95.7 Å². The van der Waals surface area contributed by atoms with Crippen molar-refractivity contribution < 1.29 is 14.4 Å². The molecule has 2 heterocycles. The van der Waals surface area contributed by atoms with Crippen LogP contribution in [0.25, 0.3) is 0 Å². The summed E-state index contributed by atoms with van der Waals surface area (Å²) >= 11 is 0. The second-order valence-electron chi connectivity index (χ2n) is 9.36. The van der Waals surface area contributed by atoms with Gasteiger partial charge in [-0.25, -0.2) is 0 Å². The predicted molar refractivity (Wildman–Crippen MR) is 132 cm³/mol. The normalized spacial score (nSPS) is 19.2.